The average Bonchev–Trinajstić information content (AvgIpc) is 2.96. The molecule has 2 atom stereocenters. The average molecular weight is 408 g/mol. The Hall–Kier alpha value is -1.83. The molecule has 1 amide bonds. The van der Waals surface area contributed by atoms with Gasteiger partial charge in [0.05, 0.1) is 5.56 Å². The number of halogens is 5. The Labute approximate surface area is 161 Å². The molecule has 0 spiro atoms. The summed E-state index contributed by atoms with van der Waals surface area (Å²) >= 11 is 0. The zero-order valence-corrected chi connectivity index (χ0v) is 15.2. The molecular formula is C17H18Cl2F3N3O. The number of likely N-dealkylation sites (tertiary alicyclic amines) is 1. The van der Waals surface area contributed by atoms with Crippen LogP contribution < -0.4 is 5.73 Å². The zero-order valence-electron chi connectivity index (χ0n) is 13.5. The quantitative estimate of drug-likeness (QED) is 0.828. The van der Waals surface area contributed by atoms with E-state index >= 15 is 0 Å². The summed E-state index contributed by atoms with van der Waals surface area (Å²) in [6.07, 6.45) is -3.79. The van der Waals surface area contributed by atoms with E-state index < -0.39 is 17.6 Å². The second-order valence-corrected chi connectivity index (χ2v) is 5.82. The molecule has 0 radical (unpaired) electrons. The molecule has 1 saturated heterocycles. The van der Waals surface area contributed by atoms with Crippen LogP contribution >= 0.6 is 24.8 Å². The fraction of sp³-hybridized carbons (Fsp3) is 0.294. The summed E-state index contributed by atoms with van der Waals surface area (Å²) in [5, 5.41) is 0. The smallest absolute Gasteiger partial charge is 0.335 e. The van der Waals surface area contributed by atoms with Crippen LogP contribution in [0, 0.1) is 0 Å². The third-order valence-electron chi connectivity index (χ3n) is 4.19. The first-order chi connectivity index (χ1) is 11.4. The molecule has 0 saturated carbocycles. The predicted octanol–water partition coefficient (Wildman–Crippen LogP) is 3.51. The van der Waals surface area contributed by atoms with Crippen molar-refractivity contribution in [3.05, 3.63) is 65.5 Å². The highest BCUT2D eigenvalue weighted by molar-refractivity contribution is 5.92. The first kappa shape index (κ1) is 22.2. The third kappa shape index (κ3) is 4.66. The number of pyridine rings is 1. The van der Waals surface area contributed by atoms with Gasteiger partial charge in [-0.05, 0) is 17.7 Å². The van der Waals surface area contributed by atoms with Crippen LogP contribution in [0.25, 0.3) is 0 Å². The molecule has 2 N–H and O–H groups in total. The van der Waals surface area contributed by atoms with Gasteiger partial charge in [-0.3, -0.25) is 9.78 Å². The van der Waals surface area contributed by atoms with Crippen LogP contribution in [0.2, 0.25) is 0 Å². The number of benzene rings is 1. The number of rotatable bonds is 2. The van der Waals surface area contributed by atoms with Gasteiger partial charge < -0.3 is 10.6 Å². The number of carbonyl (C=O) groups excluding carboxylic acids is 1. The molecule has 4 nitrogen and oxygen atoms in total. The van der Waals surface area contributed by atoms with Crippen molar-refractivity contribution in [3.63, 3.8) is 0 Å². The molecule has 1 aromatic carbocycles. The minimum atomic E-state index is -4.47. The van der Waals surface area contributed by atoms with Gasteiger partial charge in [-0.15, -0.1) is 24.8 Å². The number of hydrogen-bond donors (Lipinski definition) is 1. The Bertz CT molecular complexity index is 726. The molecular weight excluding hydrogens is 390 g/mol. The summed E-state index contributed by atoms with van der Waals surface area (Å²) in [7, 11) is 0. The lowest BCUT2D eigenvalue weighted by Crippen LogP contribution is -2.32. The van der Waals surface area contributed by atoms with Crippen molar-refractivity contribution in [3.8, 4) is 0 Å². The Morgan fingerprint density at radius 3 is 2.27 bits per heavy atom. The molecule has 1 aliphatic rings. The van der Waals surface area contributed by atoms with Gasteiger partial charge in [-0.2, -0.15) is 13.2 Å². The van der Waals surface area contributed by atoms with Gasteiger partial charge in [-0.1, -0.05) is 30.3 Å². The van der Waals surface area contributed by atoms with Crippen LogP contribution in [0.5, 0.6) is 0 Å². The maximum Gasteiger partial charge on any atom is 0.417 e. The first-order valence-corrected chi connectivity index (χ1v) is 7.49. The lowest BCUT2D eigenvalue weighted by atomic mass is 9.95. The number of amides is 1. The van der Waals surface area contributed by atoms with Gasteiger partial charge in [-0.25, -0.2) is 0 Å². The molecule has 0 aliphatic carbocycles. The van der Waals surface area contributed by atoms with Crippen molar-refractivity contribution in [2.24, 2.45) is 5.73 Å². The summed E-state index contributed by atoms with van der Waals surface area (Å²) in [6, 6.07) is 11.4. The molecule has 0 unspecified atom stereocenters. The van der Waals surface area contributed by atoms with Gasteiger partial charge in [0.25, 0.3) is 5.91 Å². The molecule has 142 valence electrons. The Balaban J connectivity index is 0.00000169. The highest BCUT2D eigenvalue weighted by atomic mass is 35.5. The van der Waals surface area contributed by atoms with Gasteiger partial charge in [0, 0.05) is 31.2 Å². The van der Waals surface area contributed by atoms with E-state index in [1.807, 2.05) is 30.3 Å². The summed E-state index contributed by atoms with van der Waals surface area (Å²) in [4.78, 5) is 17.7. The maximum absolute atomic E-state index is 12.6. The van der Waals surface area contributed by atoms with E-state index in [9.17, 15) is 18.0 Å². The zero-order chi connectivity index (χ0) is 17.3. The molecule has 1 fully saturated rings. The fourth-order valence-corrected chi connectivity index (χ4v) is 2.90. The normalized spacial score (nSPS) is 19.5. The van der Waals surface area contributed by atoms with Crippen molar-refractivity contribution in [2.75, 3.05) is 13.1 Å². The number of nitrogens with zero attached hydrogens (tertiary/aromatic N) is 2. The van der Waals surface area contributed by atoms with E-state index in [-0.39, 0.29) is 42.5 Å². The molecule has 9 heteroatoms. The standard InChI is InChI=1S/C17H16F3N3O.2ClH/c18-17(19,20)12-6-7-15(22-8-12)16(24)23-9-13(14(21)10-23)11-4-2-1-3-5-11;;/h1-8,13-14H,9-10,21H2;2*1H/t13-,14+;;/m0../s1. The largest absolute Gasteiger partial charge is 0.417 e. The number of aromatic nitrogens is 1. The van der Waals surface area contributed by atoms with E-state index in [1.165, 1.54) is 4.90 Å². The number of carbonyl (C=O) groups is 1. The monoisotopic (exact) mass is 407 g/mol. The van der Waals surface area contributed by atoms with Crippen LogP contribution in [-0.4, -0.2) is 34.9 Å². The van der Waals surface area contributed by atoms with Crippen molar-refractivity contribution < 1.29 is 18.0 Å². The number of alkyl halides is 3. The molecule has 2 heterocycles. The molecule has 3 rings (SSSR count). The van der Waals surface area contributed by atoms with Gasteiger partial charge >= 0.3 is 6.18 Å². The summed E-state index contributed by atoms with van der Waals surface area (Å²) in [5.41, 5.74) is 6.29. The highest BCUT2D eigenvalue weighted by Gasteiger charge is 2.35. The van der Waals surface area contributed by atoms with Gasteiger partial charge in [0.1, 0.15) is 5.69 Å². The summed E-state index contributed by atoms with van der Waals surface area (Å²) < 4.78 is 37.7. The van der Waals surface area contributed by atoms with E-state index in [0.717, 1.165) is 17.7 Å². The SMILES string of the molecule is Cl.Cl.N[C@@H]1CN(C(=O)c2ccc(C(F)(F)F)cn2)C[C@H]1c1ccccc1. The molecule has 0 bridgehead atoms. The van der Waals surface area contributed by atoms with Crippen LogP contribution in [0.4, 0.5) is 13.2 Å². The number of hydrogen-bond acceptors (Lipinski definition) is 3. The summed E-state index contributed by atoms with van der Waals surface area (Å²) in [6.45, 7) is 0.772. The Morgan fingerprint density at radius 1 is 1.08 bits per heavy atom. The van der Waals surface area contributed by atoms with E-state index in [4.69, 9.17) is 5.73 Å². The highest BCUT2D eigenvalue weighted by Crippen LogP contribution is 2.29. The summed E-state index contributed by atoms with van der Waals surface area (Å²) in [5.74, 6) is -0.401. The second-order valence-electron chi connectivity index (χ2n) is 5.82. The lowest BCUT2D eigenvalue weighted by Gasteiger charge is -2.16. The third-order valence-corrected chi connectivity index (χ3v) is 4.19. The van der Waals surface area contributed by atoms with Crippen molar-refractivity contribution in [1.29, 1.82) is 0 Å². The molecule has 1 aromatic heterocycles. The molecule has 26 heavy (non-hydrogen) atoms. The maximum atomic E-state index is 12.6. The van der Waals surface area contributed by atoms with Crippen LogP contribution in [-0.2, 0) is 6.18 Å². The predicted molar refractivity (Wildman–Crippen MR) is 96.8 cm³/mol. The second kappa shape index (κ2) is 8.70. The number of nitrogens with two attached hydrogens (primary N) is 1. The lowest BCUT2D eigenvalue weighted by molar-refractivity contribution is -0.137. The van der Waals surface area contributed by atoms with E-state index in [1.54, 1.807) is 0 Å². The van der Waals surface area contributed by atoms with Gasteiger partial charge in [0.15, 0.2) is 0 Å². The van der Waals surface area contributed by atoms with E-state index in [0.29, 0.717) is 19.3 Å². The van der Waals surface area contributed by atoms with Crippen molar-refractivity contribution in [1.82, 2.24) is 9.88 Å². The topological polar surface area (TPSA) is 59.2 Å². The van der Waals surface area contributed by atoms with E-state index in [2.05, 4.69) is 4.98 Å². The Morgan fingerprint density at radius 2 is 1.73 bits per heavy atom. The first-order valence-electron chi connectivity index (χ1n) is 7.49. The molecule has 2 aromatic rings. The van der Waals surface area contributed by atoms with Crippen LogP contribution in [0.15, 0.2) is 48.7 Å². The minimum Gasteiger partial charge on any atom is -0.335 e. The van der Waals surface area contributed by atoms with Crippen molar-refractivity contribution in [2.45, 2.75) is 18.1 Å². The minimum absolute atomic E-state index is 0. The fourth-order valence-electron chi connectivity index (χ4n) is 2.90. The van der Waals surface area contributed by atoms with Crippen LogP contribution in [0.1, 0.15) is 27.5 Å². The van der Waals surface area contributed by atoms with Gasteiger partial charge in [0.2, 0.25) is 0 Å². The van der Waals surface area contributed by atoms with Crippen molar-refractivity contribution >= 4 is 30.7 Å². The van der Waals surface area contributed by atoms with Crippen LogP contribution in [0.3, 0.4) is 0 Å². The molecule has 1 aliphatic heterocycles. The Kier molecular flexibility index (Phi) is 7.44.